The Morgan fingerprint density at radius 3 is 2.67 bits per heavy atom. The molecule has 0 unspecified atom stereocenters. The average Bonchev–Trinajstić information content (AvgIpc) is 2.35. The van der Waals surface area contributed by atoms with Crippen molar-refractivity contribution in [1.29, 1.82) is 0 Å². The van der Waals surface area contributed by atoms with Crippen LogP contribution in [0.5, 0.6) is 5.06 Å². The molecule has 0 radical (unpaired) electrons. The van der Waals surface area contributed by atoms with Gasteiger partial charge in [-0.05, 0) is 36.2 Å². The van der Waals surface area contributed by atoms with Crippen molar-refractivity contribution in [3.05, 3.63) is 17.0 Å². The molecular formula is C8H11NOS2. The fourth-order valence-electron chi connectivity index (χ4n) is 0.636. The van der Waals surface area contributed by atoms with Crippen LogP contribution in [-0.4, -0.2) is 24.2 Å². The van der Waals surface area contributed by atoms with E-state index in [1.165, 1.54) is 5.56 Å². The van der Waals surface area contributed by atoms with Gasteiger partial charge in [0, 0.05) is 14.1 Å². The van der Waals surface area contributed by atoms with Crippen LogP contribution in [-0.2, 0) is 0 Å². The molecule has 66 valence electrons. The summed E-state index contributed by atoms with van der Waals surface area (Å²) >= 11 is 6.54. The first-order chi connectivity index (χ1) is 5.59. The highest BCUT2D eigenvalue weighted by atomic mass is 32.1. The molecular weight excluding hydrogens is 190 g/mol. The van der Waals surface area contributed by atoms with Crippen LogP contribution in [0.1, 0.15) is 5.56 Å². The van der Waals surface area contributed by atoms with Crippen LogP contribution in [0.25, 0.3) is 0 Å². The Morgan fingerprint density at radius 2 is 2.25 bits per heavy atom. The van der Waals surface area contributed by atoms with Crippen molar-refractivity contribution in [2.75, 3.05) is 14.1 Å². The monoisotopic (exact) mass is 201 g/mol. The number of thiocarbonyl (C=S) groups is 1. The van der Waals surface area contributed by atoms with Crippen molar-refractivity contribution >= 4 is 28.7 Å². The molecule has 1 aromatic rings. The fraction of sp³-hybridized carbons (Fsp3) is 0.375. The third-order valence-electron chi connectivity index (χ3n) is 1.26. The lowest BCUT2D eigenvalue weighted by molar-refractivity contribution is 0.457. The van der Waals surface area contributed by atoms with Crippen molar-refractivity contribution in [3.8, 4) is 5.06 Å². The molecule has 2 nitrogen and oxygen atoms in total. The molecule has 1 aromatic heterocycles. The Hall–Kier alpha value is -0.610. The predicted molar refractivity (Wildman–Crippen MR) is 56.0 cm³/mol. The van der Waals surface area contributed by atoms with E-state index in [0.717, 1.165) is 5.06 Å². The Balaban J connectivity index is 2.58. The Bertz CT molecular complexity index is 280. The third kappa shape index (κ3) is 2.46. The summed E-state index contributed by atoms with van der Waals surface area (Å²) in [5.41, 5.74) is 1.21. The van der Waals surface area contributed by atoms with Gasteiger partial charge in [-0.3, -0.25) is 0 Å². The van der Waals surface area contributed by atoms with Crippen LogP contribution in [0.4, 0.5) is 0 Å². The summed E-state index contributed by atoms with van der Waals surface area (Å²) in [6, 6.07) is 1.97. The normalized spacial score (nSPS) is 9.58. The Morgan fingerprint density at radius 1 is 1.58 bits per heavy atom. The molecule has 1 rings (SSSR count). The van der Waals surface area contributed by atoms with Gasteiger partial charge in [-0.1, -0.05) is 0 Å². The van der Waals surface area contributed by atoms with Gasteiger partial charge in [-0.2, -0.15) is 0 Å². The zero-order chi connectivity index (χ0) is 9.14. The van der Waals surface area contributed by atoms with Crippen LogP contribution in [0, 0.1) is 6.92 Å². The summed E-state index contributed by atoms with van der Waals surface area (Å²) in [5, 5.41) is 3.39. The van der Waals surface area contributed by atoms with Gasteiger partial charge in [0.15, 0.2) is 5.06 Å². The van der Waals surface area contributed by atoms with Crippen molar-refractivity contribution in [2.45, 2.75) is 6.92 Å². The molecule has 0 amide bonds. The van der Waals surface area contributed by atoms with Crippen LogP contribution >= 0.6 is 23.6 Å². The van der Waals surface area contributed by atoms with E-state index in [4.69, 9.17) is 17.0 Å². The van der Waals surface area contributed by atoms with Gasteiger partial charge in [-0.25, -0.2) is 0 Å². The standard InChI is InChI=1S/C8H11NOS2/c1-6-4-7(12-5-6)10-8(11)9(2)3/h4-5H,1-3H3. The largest absolute Gasteiger partial charge is 0.421 e. The molecule has 0 saturated heterocycles. The Labute approximate surface area is 81.8 Å². The summed E-state index contributed by atoms with van der Waals surface area (Å²) in [6.07, 6.45) is 0. The number of hydrogen-bond donors (Lipinski definition) is 0. The zero-order valence-corrected chi connectivity index (χ0v) is 8.96. The lowest BCUT2D eigenvalue weighted by Gasteiger charge is -2.12. The summed E-state index contributed by atoms with van der Waals surface area (Å²) in [6.45, 7) is 2.03. The average molecular weight is 201 g/mol. The van der Waals surface area contributed by atoms with E-state index in [2.05, 4.69) is 0 Å². The molecule has 0 aromatic carbocycles. The summed E-state index contributed by atoms with van der Waals surface area (Å²) in [4.78, 5) is 1.77. The van der Waals surface area contributed by atoms with E-state index in [0.29, 0.717) is 5.17 Å². The smallest absolute Gasteiger partial charge is 0.265 e. The maximum Gasteiger partial charge on any atom is 0.265 e. The van der Waals surface area contributed by atoms with Crippen molar-refractivity contribution in [1.82, 2.24) is 4.90 Å². The maximum absolute atomic E-state index is 5.37. The van der Waals surface area contributed by atoms with Crippen molar-refractivity contribution in [3.63, 3.8) is 0 Å². The van der Waals surface area contributed by atoms with E-state index in [9.17, 15) is 0 Å². The van der Waals surface area contributed by atoms with E-state index in [-0.39, 0.29) is 0 Å². The first kappa shape index (κ1) is 9.48. The van der Waals surface area contributed by atoms with Gasteiger partial charge in [-0.15, -0.1) is 11.3 Å². The second-order valence-electron chi connectivity index (χ2n) is 2.71. The second kappa shape index (κ2) is 3.87. The molecule has 0 N–H and O–H groups in total. The highest BCUT2D eigenvalue weighted by Crippen LogP contribution is 2.22. The molecule has 0 atom stereocenters. The molecule has 0 spiro atoms. The lowest BCUT2D eigenvalue weighted by Crippen LogP contribution is -2.24. The number of aryl methyl sites for hydroxylation is 1. The fourth-order valence-corrected chi connectivity index (χ4v) is 1.53. The lowest BCUT2D eigenvalue weighted by atomic mass is 10.4. The molecule has 1 heterocycles. The second-order valence-corrected chi connectivity index (χ2v) is 3.93. The van der Waals surface area contributed by atoms with Gasteiger partial charge < -0.3 is 9.64 Å². The minimum atomic E-state index is 0.497. The molecule has 4 heteroatoms. The van der Waals surface area contributed by atoms with Crippen molar-refractivity contribution < 1.29 is 4.74 Å². The summed E-state index contributed by atoms with van der Waals surface area (Å²) in [7, 11) is 3.73. The van der Waals surface area contributed by atoms with Crippen LogP contribution in [0.3, 0.4) is 0 Å². The van der Waals surface area contributed by atoms with Crippen LogP contribution in [0.2, 0.25) is 0 Å². The summed E-state index contributed by atoms with van der Waals surface area (Å²) in [5.74, 6) is 0. The molecule has 0 aliphatic rings. The van der Waals surface area contributed by atoms with Gasteiger partial charge in [0.1, 0.15) is 0 Å². The number of rotatable bonds is 1. The topological polar surface area (TPSA) is 12.5 Å². The van der Waals surface area contributed by atoms with E-state index in [1.807, 2.05) is 32.5 Å². The highest BCUT2D eigenvalue weighted by Gasteiger charge is 2.03. The van der Waals surface area contributed by atoms with E-state index < -0.39 is 0 Å². The highest BCUT2D eigenvalue weighted by molar-refractivity contribution is 7.80. The maximum atomic E-state index is 5.37. The predicted octanol–water partition coefficient (Wildman–Crippen LogP) is 2.28. The van der Waals surface area contributed by atoms with E-state index >= 15 is 0 Å². The molecule has 0 aliphatic heterocycles. The number of thiophene rings is 1. The molecule has 12 heavy (non-hydrogen) atoms. The Kier molecular flexibility index (Phi) is 3.05. The quantitative estimate of drug-likeness (QED) is 0.647. The number of nitrogens with zero attached hydrogens (tertiary/aromatic N) is 1. The minimum absolute atomic E-state index is 0.497. The van der Waals surface area contributed by atoms with Crippen LogP contribution in [0.15, 0.2) is 11.4 Å². The third-order valence-corrected chi connectivity index (χ3v) is 2.63. The number of hydrogen-bond acceptors (Lipinski definition) is 3. The molecule has 0 bridgehead atoms. The zero-order valence-electron chi connectivity index (χ0n) is 7.33. The van der Waals surface area contributed by atoms with Crippen LogP contribution < -0.4 is 4.74 Å². The summed E-state index contributed by atoms with van der Waals surface area (Å²) < 4.78 is 5.37. The van der Waals surface area contributed by atoms with Crippen molar-refractivity contribution in [2.24, 2.45) is 0 Å². The van der Waals surface area contributed by atoms with Gasteiger partial charge in [0.2, 0.25) is 0 Å². The minimum Gasteiger partial charge on any atom is -0.421 e. The SMILES string of the molecule is Cc1csc(OC(=S)N(C)C)c1. The van der Waals surface area contributed by atoms with Gasteiger partial charge >= 0.3 is 0 Å². The molecule has 0 aliphatic carbocycles. The molecule has 0 saturated carbocycles. The first-order valence-electron chi connectivity index (χ1n) is 3.54. The number of ether oxygens (including phenoxy) is 1. The first-order valence-corrected chi connectivity index (χ1v) is 4.82. The molecule has 0 fully saturated rings. The van der Waals surface area contributed by atoms with Gasteiger partial charge in [0.25, 0.3) is 5.17 Å². The van der Waals surface area contributed by atoms with E-state index in [1.54, 1.807) is 16.2 Å². The van der Waals surface area contributed by atoms with Gasteiger partial charge in [0.05, 0.1) is 0 Å².